The molecule has 41 heavy (non-hydrogen) atoms. The molecule has 3 heterocycles. The number of aliphatic imine (C=N–C) groups is 2. The van der Waals surface area contributed by atoms with Crippen LogP contribution in [0.25, 0.3) is 11.4 Å². The number of amidine groups is 2. The Kier molecular flexibility index (Phi) is 7.10. The molecule has 0 N–H and O–H groups in total. The molecule has 0 amide bonds. The maximum Gasteiger partial charge on any atom is 0.159 e. The van der Waals surface area contributed by atoms with Crippen molar-refractivity contribution in [3.8, 4) is 11.4 Å². The second-order valence-electron chi connectivity index (χ2n) is 10.7. The molecule has 0 spiro atoms. The lowest BCUT2D eigenvalue weighted by Gasteiger charge is -2.33. The van der Waals surface area contributed by atoms with Gasteiger partial charge in [0.05, 0.1) is 0 Å². The first-order chi connectivity index (χ1) is 19.8. The summed E-state index contributed by atoms with van der Waals surface area (Å²) in [5.74, 6) is 3.32. The van der Waals surface area contributed by atoms with Gasteiger partial charge in [-0.1, -0.05) is 72.8 Å². The van der Waals surface area contributed by atoms with E-state index < -0.39 is 0 Å². The molecular formula is C34H33N7. The Bertz CT molecular complexity index is 1680. The summed E-state index contributed by atoms with van der Waals surface area (Å²) in [5, 5.41) is 0. The first-order valence-corrected chi connectivity index (χ1v) is 13.9. The lowest BCUT2D eigenvalue weighted by Crippen LogP contribution is -2.35. The summed E-state index contributed by atoms with van der Waals surface area (Å²) in [4.78, 5) is 31.0. The van der Waals surface area contributed by atoms with E-state index >= 15 is 0 Å². The molecule has 2 atom stereocenters. The highest BCUT2D eigenvalue weighted by molar-refractivity contribution is 6.13. The third-order valence-electron chi connectivity index (χ3n) is 7.33. The highest BCUT2D eigenvalue weighted by atomic mass is 15.3. The van der Waals surface area contributed by atoms with Crippen molar-refractivity contribution in [3.05, 3.63) is 130 Å². The fourth-order valence-corrected chi connectivity index (χ4v) is 5.38. The van der Waals surface area contributed by atoms with E-state index in [-0.39, 0.29) is 12.1 Å². The summed E-state index contributed by atoms with van der Waals surface area (Å²) in [6.07, 6.45) is 7.10. The monoisotopic (exact) mass is 539 g/mol. The molecule has 204 valence electrons. The van der Waals surface area contributed by atoms with E-state index in [0.29, 0.717) is 0 Å². The van der Waals surface area contributed by atoms with Gasteiger partial charge < -0.3 is 4.90 Å². The van der Waals surface area contributed by atoms with Crippen molar-refractivity contribution in [1.29, 1.82) is 0 Å². The van der Waals surface area contributed by atoms with Gasteiger partial charge in [-0.05, 0) is 51.8 Å². The lowest BCUT2D eigenvalue weighted by molar-refractivity contribution is 0.383. The van der Waals surface area contributed by atoms with Gasteiger partial charge in [0, 0.05) is 52.4 Å². The van der Waals surface area contributed by atoms with Crippen molar-refractivity contribution in [2.75, 3.05) is 7.05 Å². The number of hydrogen-bond acceptors (Lipinski definition) is 7. The van der Waals surface area contributed by atoms with Crippen LogP contribution in [-0.2, 0) is 0 Å². The van der Waals surface area contributed by atoms with Crippen LogP contribution >= 0.6 is 0 Å². The van der Waals surface area contributed by atoms with Gasteiger partial charge in [0.15, 0.2) is 11.7 Å². The Morgan fingerprint density at radius 2 is 1.34 bits per heavy atom. The highest BCUT2D eigenvalue weighted by Crippen LogP contribution is 2.31. The van der Waals surface area contributed by atoms with Gasteiger partial charge >= 0.3 is 0 Å². The van der Waals surface area contributed by atoms with E-state index in [0.717, 1.165) is 74.8 Å². The molecule has 0 saturated heterocycles. The fourth-order valence-electron chi connectivity index (χ4n) is 5.38. The SMILES string of the molecule is Cc1cc(C)nc(-c2ccc(C3=NC(C4=CCC(c5nc(C)cc(C)n5)C=C4)=NC(c4ccccc4)N3C)cc2)n1. The summed E-state index contributed by atoms with van der Waals surface area (Å²) in [5.41, 5.74) is 8.01. The van der Waals surface area contributed by atoms with E-state index in [1.54, 1.807) is 0 Å². The number of hydrogen-bond donors (Lipinski definition) is 0. The van der Waals surface area contributed by atoms with Crippen molar-refractivity contribution in [2.24, 2.45) is 9.98 Å². The zero-order valence-corrected chi connectivity index (χ0v) is 24.1. The Labute approximate surface area is 241 Å². The van der Waals surface area contributed by atoms with Crippen LogP contribution in [0.1, 0.15) is 58.2 Å². The Hall–Kier alpha value is -4.78. The number of rotatable bonds is 5. The van der Waals surface area contributed by atoms with Gasteiger partial charge in [0.25, 0.3) is 0 Å². The zero-order chi connectivity index (χ0) is 28.5. The predicted molar refractivity (Wildman–Crippen MR) is 164 cm³/mol. The summed E-state index contributed by atoms with van der Waals surface area (Å²) in [7, 11) is 2.05. The van der Waals surface area contributed by atoms with E-state index in [1.807, 2.05) is 45.9 Å². The van der Waals surface area contributed by atoms with Crippen LogP contribution < -0.4 is 0 Å². The van der Waals surface area contributed by atoms with E-state index in [4.69, 9.17) is 9.98 Å². The maximum absolute atomic E-state index is 5.13. The number of aromatic nitrogens is 4. The standard InChI is InChI=1S/C34H33N7/c1-21-19-22(2)36-30(35-21)25-11-13-27(14-12-25)32-39-33(28-9-7-6-8-10-28)41(5)34(40-32)29-17-15-26(16-18-29)31-37-23(3)20-24(4)38-31/h6-11,13-20,25,33H,12H2,1-5H3. The second-order valence-corrected chi connectivity index (χ2v) is 10.7. The van der Waals surface area contributed by atoms with Gasteiger partial charge in [-0.25, -0.2) is 29.9 Å². The molecule has 0 radical (unpaired) electrons. The molecule has 7 nitrogen and oxygen atoms in total. The molecule has 2 unspecified atom stereocenters. The Morgan fingerprint density at radius 1 is 0.732 bits per heavy atom. The molecule has 1 aliphatic heterocycles. The zero-order valence-electron chi connectivity index (χ0n) is 24.1. The van der Waals surface area contributed by atoms with Crippen LogP contribution in [0.15, 0.2) is 101 Å². The van der Waals surface area contributed by atoms with Crippen LogP contribution in [-0.4, -0.2) is 43.6 Å². The van der Waals surface area contributed by atoms with E-state index in [2.05, 4.69) is 98.6 Å². The molecular weight excluding hydrogens is 506 g/mol. The quantitative estimate of drug-likeness (QED) is 0.285. The number of aryl methyl sites for hydroxylation is 4. The van der Waals surface area contributed by atoms with Crippen LogP contribution in [0.2, 0.25) is 0 Å². The number of allylic oxidation sites excluding steroid dienone is 2. The van der Waals surface area contributed by atoms with Crippen LogP contribution in [0.5, 0.6) is 0 Å². The van der Waals surface area contributed by atoms with E-state index in [9.17, 15) is 0 Å². The Balaban J connectivity index is 1.34. The van der Waals surface area contributed by atoms with Gasteiger partial charge in [0.2, 0.25) is 0 Å². The average Bonchev–Trinajstić information content (AvgIpc) is 2.97. The maximum atomic E-state index is 5.13. The minimum Gasteiger partial charge on any atom is -0.333 e. The van der Waals surface area contributed by atoms with E-state index in [1.165, 1.54) is 0 Å². The molecule has 2 aliphatic rings. The summed E-state index contributed by atoms with van der Waals surface area (Å²) >= 11 is 0. The lowest BCUT2D eigenvalue weighted by atomic mass is 9.95. The van der Waals surface area contributed by atoms with Crippen molar-refractivity contribution in [3.63, 3.8) is 0 Å². The third-order valence-corrected chi connectivity index (χ3v) is 7.33. The molecule has 7 heteroatoms. The van der Waals surface area contributed by atoms with Gasteiger partial charge in [-0.2, -0.15) is 0 Å². The molecule has 2 aromatic heterocycles. The van der Waals surface area contributed by atoms with Crippen LogP contribution in [0.3, 0.4) is 0 Å². The minimum atomic E-state index is -0.198. The minimum absolute atomic E-state index is 0.137. The molecule has 0 saturated carbocycles. The third kappa shape index (κ3) is 5.61. The first-order valence-electron chi connectivity index (χ1n) is 13.9. The average molecular weight is 540 g/mol. The van der Waals surface area contributed by atoms with Crippen molar-refractivity contribution >= 4 is 11.7 Å². The largest absolute Gasteiger partial charge is 0.333 e. The number of benzene rings is 2. The van der Waals surface area contributed by atoms with Crippen molar-refractivity contribution in [2.45, 2.75) is 46.2 Å². The molecule has 6 rings (SSSR count). The molecule has 0 bridgehead atoms. The Morgan fingerprint density at radius 3 is 1.95 bits per heavy atom. The smallest absolute Gasteiger partial charge is 0.159 e. The summed E-state index contributed by atoms with van der Waals surface area (Å²) in [6.45, 7) is 8.02. The molecule has 0 fully saturated rings. The van der Waals surface area contributed by atoms with Crippen molar-refractivity contribution < 1.29 is 0 Å². The summed E-state index contributed by atoms with van der Waals surface area (Å²) in [6, 6.07) is 22.7. The van der Waals surface area contributed by atoms with Gasteiger partial charge in [0.1, 0.15) is 17.8 Å². The topological polar surface area (TPSA) is 79.5 Å². The predicted octanol–water partition coefficient (Wildman–Crippen LogP) is 6.63. The van der Waals surface area contributed by atoms with Gasteiger partial charge in [-0.3, -0.25) is 0 Å². The fraction of sp³-hybridized carbons (Fsp3) is 0.235. The first kappa shape index (κ1) is 26.4. The second kappa shape index (κ2) is 11.0. The molecule has 1 aliphatic carbocycles. The van der Waals surface area contributed by atoms with Crippen LogP contribution in [0.4, 0.5) is 0 Å². The van der Waals surface area contributed by atoms with Crippen molar-refractivity contribution in [1.82, 2.24) is 24.8 Å². The summed E-state index contributed by atoms with van der Waals surface area (Å²) < 4.78 is 0. The van der Waals surface area contributed by atoms with Gasteiger partial charge in [-0.15, -0.1) is 0 Å². The normalized spacial score (nSPS) is 18.6. The molecule has 2 aromatic carbocycles. The number of nitrogens with zero attached hydrogens (tertiary/aromatic N) is 7. The molecule has 4 aromatic rings. The highest BCUT2D eigenvalue weighted by Gasteiger charge is 2.28. The van der Waals surface area contributed by atoms with Crippen LogP contribution in [0, 0.1) is 27.7 Å².